The Labute approximate surface area is 159 Å². The monoisotopic (exact) mass is 354 g/mol. The second-order valence-electron chi connectivity index (χ2n) is 7.71. The van der Waals surface area contributed by atoms with Crippen LogP contribution in [0.25, 0.3) is 11.1 Å². The minimum atomic E-state index is 0.180. The largest absolute Gasteiger partial charge is 0.376 e. The van der Waals surface area contributed by atoms with Crippen molar-refractivity contribution in [1.82, 2.24) is 0 Å². The molecule has 26 heavy (non-hydrogen) atoms. The molecule has 2 rings (SSSR count). The molecule has 0 aliphatic carbocycles. The van der Waals surface area contributed by atoms with Crippen LogP contribution in [0.5, 0.6) is 0 Å². The van der Waals surface area contributed by atoms with E-state index in [2.05, 4.69) is 90.1 Å². The van der Waals surface area contributed by atoms with Crippen LogP contribution >= 0.6 is 0 Å². The van der Waals surface area contributed by atoms with E-state index in [1.165, 1.54) is 22.3 Å². The van der Waals surface area contributed by atoms with Crippen molar-refractivity contribution in [3.8, 4) is 11.1 Å². The van der Waals surface area contributed by atoms with Crippen molar-refractivity contribution in [3.05, 3.63) is 59.7 Å². The lowest BCUT2D eigenvalue weighted by Crippen LogP contribution is -2.21. The molecule has 2 heteroatoms. The van der Waals surface area contributed by atoms with Crippen LogP contribution in [0.3, 0.4) is 0 Å². The molecule has 2 nitrogen and oxygen atoms in total. The minimum absolute atomic E-state index is 0.180. The highest BCUT2D eigenvalue weighted by Gasteiger charge is 2.17. The van der Waals surface area contributed by atoms with E-state index in [9.17, 15) is 0 Å². The van der Waals surface area contributed by atoms with E-state index in [0.717, 1.165) is 12.8 Å². The highest BCUT2D eigenvalue weighted by Crippen LogP contribution is 2.29. The average molecular weight is 355 g/mol. The second-order valence-corrected chi connectivity index (χ2v) is 7.71. The van der Waals surface area contributed by atoms with Crippen LogP contribution in [-0.4, -0.2) is 24.4 Å². The Balaban J connectivity index is 2.36. The van der Waals surface area contributed by atoms with E-state index in [1.54, 1.807) is 0 Å². The molecular weight excluding hydrogens is 320 g/mol. The molecule has 2 aromatic carbocycles. The number of hydrogen-bond acceptors (Lipinski definition) is 2. The molecule has 2 atom stereocenters. The van der Waals surface area contributed by atoms with Gasteiger partial charge in [-0.15, -0.1) is 0 Å². The topological polar surface area (TPSA) is 18.5 Å². The highest BCUT2D eigenvalue weighted by molar-refractivity contribution is 5.69. The van der Waals surface area contributed by atoms with Gasteiger partial charge in [0.25, 0.3) is 0 Å². The maximum atomic E-state index is 6.04. The van der Waals surface area contributed by atoms with Crippen LogP contribution in [-0.2, 0) is 22.3 Å². The zero-order valence-corrected chi connectivity index (χ0v) is 17.2. The van der Waals surface area contributed by atoms with Gasteiger partial charge in [0, 0.05) is 0 Å². The maximum Gasteiger partial charge on any atom is 0.0591 e. The molecule has 0 saturated carbocycles. The van der Waals surface area contributed by atoms with Crippen molar-refractivity contribution in [3.63, 3.8) is 0 Å². The lowest BCUT2D eigenvalue weighted by Gasteiger charge is -2.23. The maximum absolute atomic E-state index is 6.04. The van der Waals surface area contributed by atoms with E-state index in [0.29, 0.717) is 0 Å². The summed E-state index contributed by atoms with van der Waals surface area (Å²) in [6, 6.07) is 17.3. The first-order valence-electron chi connectivity index (χ1n) is 9.84. The van der Waals surface area contributed by atoms with Gasteiger partial charge in [-0.2, -0.15) is 0 Å². The Morgan fingerprint density at radius 3 is 1.81 bits per heavy atom. The van der Waals surface area contributed by atoms with Crippen molar-refractivity contribution >= 4 is 0 Å². The van der Waals surface area contributed by atoms with Gasteiger partial charge in [-0.05, 0) is 76.6 Å². The molecular formula is C24H34O2. The Bertz CT molecular complexity index is 661. The van der Waals surface area contributed by atoms with E-state index in [1.807, 2.05) is 0 Å². The quantitative estimate of drug-likeness (QED) is 0.544. The fourth-order valence-corrected chi connectivity index (χ4v) is 3.58. The number of ether oxygens (including phenoxy) is 2. The first-order valence-corrected chi connectivity index (χ1v) is 9.84. The Kier molecular flexibility index (Phi) is 7.86. The van der Waals surface area contributed by atoms with Crippen LogP contribution in [0.1, 0.15) is 52.7 Å². The summed E-state index contributed by atoms with van der Waals surface area (Å²) >= 11 is 0. The van der Waals surface area contributed by atoms with Crippen LogP contribution in [0.2, 0.25) is 0 Å². The third-order valence-electron chi connectivity index (χ3n) is 4.37. The van der Waals surface area contributed by atoms with E-state index in [4.69, 9.17) is 9.47 Å². The Hall–Kier alpha value is -1.64. The van der Waals surface area contributed by atoms with Gasteiger partial charge in [0.1, 0.15) is 0 Å². The first kappa shape index (κ1) is 20.7. The third-order valence-corrected chi connectivity index (χ3v) is 4.37. The zero-order valence-electron chi connectivity index (χ0n) is 17.2. The van der Waals surface area contributed by atoms with Crippen LogP contribution in [0, 0.1) is 0 Å². The fraction of sp³-hybridized carbons (Fsp3) is 0.500. The van der Waals surface area contributed by atoms with Gasteiger partial charge in [0.2, 0.25) is 0 Å². The molecule has 2 unspecified atom stereocenters. The highest BCUT2D eigenvalue weighted by atomic mass is 16.5. The van der Waals surface area contributed by atoms with Crippen molar-refractivity contribution in [2.24, 2.45) is 0 Å². The van der Waals surface area contributed by atoms with E-state index >= 15 is 0 Å². The third kappa shape index (κ3) is 6.26. The summed E-state index contributed by atoms with van der Waals surface area (Å²) in [6.07, 6.45) is 2.69. The first-order chi connectivity index (χ1) is 12.4. The average Bonchev–Trinajstić information content (AvgIpc) is 2.55. The Morgan fingerprint density at radius 1 is 0.654 bits per heavy atom. The molecule has 0 aliphatic heterocycles. The lowest BCUT2D eigenvalue weighted by molar-refractivity contribution is 0.0162. The molecule has 2 aromatic rings. The minimum Gasteiger partial charge on any atom is -0.376 e. The van der Waals surface area contributed by atoms with Crippen LogP contribution in [0.4, 0.5) is 0 Å². The van der Waals surface area contributed by atoms with Crippen LogP contribution in [0.15, 0.2) is 48.5 Å². The molecule has 0 spiro atoms. The van der Waals surface area contributed by atoms with Crippen molar-refractivity contribution in [2.45, 2.75) is 78.8 Å². The molecule has 0 fully saturated rings. The summed E-state index contributed by atoms with van der Waals surface area (Å²) < 4.78 is 12.0. The summed E-state index contributed by atoms with van der Waals surface area (Å²) in [5.74, 6) is 0. The SMILES string of the molecule is CC(C)OC(C)Cc1cccc(-c2ccccc2)c1CC(C)OC(C)C. The molecule has 0 saturated heterocycles. The zero-order chi connectivity index (χ0) is 19.1. The summed E-state index contributed by atoms with van der Waals surface area (Å²) in [6.45, 7) is 12.7. The smallest absolute Gasteiger partial charge is 0.0591 e. The predicted molar refractivity (Wildman–Crippen MR) is 111 cm³/mol. The van der Waals surface area contributed by atoms with Gasteiger partial charge in [0.15, 0.2) is 0 Å². The molecule has 0 N–H and O–H groups in total. The standard InChI is InChI=1S/C24H34O2/c1-17(2)25-19(5)15-22-13-10-14-23(21-11-8-7-9-12-21)24(22)16-20(6)26-18(3)4/h7-14,17-20H,15-16H2,1-6H3. The molecule has 0 heterocycles. The molecule has 0 aromatic heterocycles. The summed E-state index contributed by atoms with van der Waals surface area (Å²) in [5.41, 5.74) is 5.31. The number of benzene rings is 2. The van der Waals surface area contributed by atoms with E-state index in [-0.39, 0.29) is 24.4 Å². The summed E-state index contributed by atoms with van der Waals surface area (Å²) in [5, 5.41) is 0. The van der Waals surface area contributed by atoms with E-state index < -0.39 is 0 Å². The summed E-state index contributed by atoms with van der Waals surface area (Å²) in [4.78, 5) is 0. The molecule has 0 radical (unpaired) electrons. The number of rotatable bonds is 9. The van der Waals surface area contributed by atoms with Gasteiger partial charge < -0.3 is 9.47 Å². The van der Waals surface area contributed by atoms with Gasteiger partial charge >= 0.3 is 0 Å². The Morgan fingerprint density at radius 2 is 1.23 bits per heavy atom. The summed E-state index contributed by atoms with van der Waals surface area (Å²) in [7, 11) is 0. The molecule has 0 bridgehead atoms. The van der Waals surface area contributed by atoms with Gasteiger partial charge in [0.05, 0.1) is 24.4 Å². The van der Waals surface area contributed by atoms with Crippen molar-refractivity contribution in [1.29, 1.82) is 0 Å². The van der Waals surface area contributed by atoms with Crippen molar-refractivity contribution < 1.29 is 9.47 Å². The second kappa shape index (κ2) is 9.89. The predicted octanol–water partition coefficient (Wildman–Crippen LogP) is 6.07. The van der Waals surface area contributed by atoms with Crippen LogP contribution < -0.4 is 0 Å². The normalized spacial score (nSPS) is 14.0. The van der Waals surface area contributed by atoms with Crippen molar-refractivity contribution in [2.75, 3.05) is 0 Å². The lowest BCUT2D eigenvalue weighted by atomic mass is 9.89. The van der Waals surface area contributed by atoms with Gasteiger partial charge in [-0.3, -0.25) is 0 Å². The van der Waals surface area contributed by atoms with Gasteiger partial charge in [-0.1, -0.05) is 48.5 Å². The fourth-order valence-electron chi connectivity index (χ4n) is 3.58. The molecule has 0 aliphatic rings. The molecule has 0 amide bonds. The van der Waals surface area contributed by atoms with Gasteiger partial charge in [-0.25, -0.2) is 0 Å². The number of hydrogen-bond donors (Lipinski definition) is 0. The molecule has 142 valence electrons.